The zero-order valence-electron chi connectivity index (χ0n) is 12.2. The summed E-state index contributed by atoms with van der Waals surface area (Å²) in [5.74, 6) is 0.940. The molecule has 3 heteroatoms. The lowest BCUT2D eigenvalue weighted by atomic mass is 9.92. The monoisotopic (exact) mass is 250 g/mol. The summed E-state index contributed by atoms with van der Waals surface area (Å²) >= 11 is 0. The van der Waals surface area contributed by atoms with Crippen LogP contribution in [0.2, 0.25) is 0 Å². The molecule has 0 aliphatic heterocycles. The smallest absolute Gasteiger partial charge is 0.123 e. The summed E-state index contributed by atoms with van der Waals surface area (Å²) in [5, 5.41) is 3.36. The number of methoxy groups -OCH3 is 1. The largest absolute Gasteiger partial charge is 0.496 e. The van der Waals surface area contributed by atoms with E-state index in [0.717, 1.165) is 18.6 Å². The molecule has 0 aliphatic carbocycles. The van der Waals surface area contributed by atoms with Crippen LogP contribution in [-0.4, -0.2) is 19.7 Å². The molecule has 0 fully saturated rings. The third-order valence-electron chi connectivity index (χ3n) is 3.19. The topological polar surface area (TPSA) is 47.3 Å². The van der Waals surface area contributed by atoms with Gasteiger partial charge in [0.1, 0.15) is 5.75 Å². The zero-order chi connectivity index (χ0) is 13.8. The molecule has 0 spiro atoms. The average Bonchev–Trinajstić information content (AvgIpc) is 2.28. The Kier molecular flexibility index (Phi) is 5.17. The van der Waals surface area contributed by atoms with Gasteiger partial charge in [-0.25, -0.2) is 0 Å². The van der Waals surface area contributed by atoms with Crippen LogP contribution in [0.5, 0.6) is 5.75 Å². The van der Waals surface area contributed by atoms with Gasteiger partial charge in [-0.2, -0.15) is 0 Å². The second-order valence-corrected chi connectivity index (χ2v) is 5.61. The van der Waals surface area contributed by atoms with Gasteiger partial charge < -0.3 is 15.8 Å². The van der Waals surface area contributed by atoms with Gasteiger partial charge in [0, 0.05) is 17.1 Å². The normalized spacial score (nSPS) is 13.4. The Balaban J connectivity index is 2.90. The molecule has 102 valence electrons. The minimum Gasteiger partial charge on any atom is -0.496 e. The van der Waals surface area contributed by atoms with E-state index in [1.165, 1.54) is 11.1 Å². The first-order chi connectivity index (χ1) is 8.37. The van der Waals surface area contributed by atoms with Gasteiger partial charge in [-0.15, -0.1) is 0 Å². The van der Waals surface area contributed by atoms with Crippen molar-refractivity contribution in [3.05, 3.63) is 29.3 Å². The number of ether oxygens (including phenoxy) is 1. The SMILES string of the molecule is CNC(CCC(C)(C)N)c1cc(C)ccc1OC. The molecule has 0 saturated carbocycles. The van der Waals surface area contributed by atoms with Crippen LogP contribution in [0.4, 0.5) is 0 Å². The van der Waals surface area contributed by atoms with E-state index in [-0.39, 0.29) is 11.6 Å². The van der Waals surface area contributed by atoms with E-state index >= 15 is 0 Å². The van der Waals surface area contributed by atoms with Crippen molar-refractivity contribution in [1.29, 1.82) is 0 Å². The van der Waals surface area contributed by atoms with Crippen molar-refractivity contribution in [2.45, 2.75) is 45.2 Å². The molecule has 0 heterocycles. The van der Waals surface area contributed by atoms with E-state index < -0.39 is 0 Å². The maximum absolute atomic E-state index is 6.06. The fraction of sp³-hybridized carbons (Fsp3) is 0.600. The number of nitrogens with one attached hydrogen (secondary N) is 1. The van der Waals surface area contributed by atoms with Crippen LogP contribution in [0.3, 0.4) is 0 Å². The second-order valence-electron chi connectivity index (χ2n) is 5.61. The molecule has 18 heavy (non-hydrogen) atoms. The van der Waals surface area contributed by atoms with Crippen molar-refractivity contribution < 1.29 is 4.74 Å². The van der Waals surface area contributed by atoms with Crippen molar-refractivity contribution in [2.75, 3.05) is 14.2 Å². The van der Waals surface area contributed by atoms with E-state index in [0.29, 0.717) is 0 Å². The predicted molar refractivity (Wildman–Crippen MR) is 77.0 cm³/mol. The molecule has 1 unspecified atom stereocenters. The minimum atomic E-state index is -0.133. The van der Waals surface area contributed by atoms with Crippen LogP contribution in [0, 0.1) is 6.92 Å². The molecule has 1 aromatic carbocycles. The van der Waals surface area contributed by atoms with Gasteiger partial charge in [-0.1, -0.05) is 17.7 Å². The van der Waals surface area contributed by atoms with Crippen LogP contribution >= 0.6 is 0 Å². The van der Waals surface area contributed by atoms with Crippen molar-refractivity contribution in [3.8, 4) is 5.75 Å². The van der Waals surface area contributed by atoms with Crippen LogP contribution in [0.25, 0.3) is 0 Å². The van der Waals surface area contributed by atoms with Gasteiger partial charge in [0.05, 0.1) is 7.11 Å². The van der Waals surface area contributed by atoms with Crippen molar-refractivity contribution in [3.63, 3.8) is 0 Å². The predicted octanol–water partition coefficient (Wildman–Crippen LogP) is 2.78. The number of hydrogen-bond acceptors (Lipinski definition) is 3. The zero-order valence-corrected chi connectivity index (χ0v) is 12.2. The fourth-order valence-electron chi connectivity index (χ4n) is 2.10. The summed E-state index contributed by atoms with van der Waals surface area (Å²) in [6.07, 6.45) is 1.97. The first-order valence-electron chi connectivity index (χ1n) is 6.48. The molecule has 1 aromatic rings. The van der Waals surface area contributed by atoms with Gasteiger partial charge in [-0.05, 0) is 46.7 Å². The average molecular weight is 250 g/mol. The summed E-state index contributed by atoms with van der Waals surface area (Å²) in [6, 6.07) is 6.57. The lowest BCUT2D eigenvalue weighted by molar-refractivity contribution is 0.381. The molecule has 0 saturated heterocycles. The van der Waals surface area contributed by atoms with Crippen LogP contribution in [0.1, 0.15) is 43.9 Å². The molecule has 1 rings (SSSR count). The Bertz CT molecular complexity index is 383. The highest BCUT2D eigenvalue weighted by Gasteiger charge is 2.18. The van der Waals surface area contributed by atoms with Gasteiger partial charge in [0.25, 0.3) is 0 Å². The first-order valence-corrected chi connectivity index (χ1v) is 6.48. The van der Waals surface area contributed by atoms with Crippen molar-refractivity contribution in [1.82, 2.24) is 5.32 Å². The number of aryl methyl sites for hydroxylation is 1. The van der Waals surface area contributed by atoms with Crippen LogP contribution in [-0.2, 0) is 0 Å². The Labute approximate surface area is 111 Å². The Morgan fingerprint density at radius 1 is 1.39 bits per heavy atom. The van der Waals surface area contributed by atoms with Crippen molar-refractivity contribution in [2.24, 2.45) is 5.73 Å². The van der Waals surface area contributed by atoms with E-state index in [1.807, 2.05) is 13.1 Å². The molecule has 3 nitrogen and oxygen atoms in total. The molecule has 0 aliphatic rings. The Morgan fingerprint density at radius 3 is 2.56 bits per heavy atom. The summed E-state index contributed by atoms with van der Waals surface area (Å²) in [4.78, 5) is 0. The molecular weight excluding hydrogens is 224 g/mol. The Morgan fingerprint density at radius 2 is 2.06 bits per heavy atom. The third-order valence-corrected chi connectivity index (χ3v) is 3.19. The van der Waals surface area contributed by atoms with Gasteiger partial charge in [-0.3, -0.25) is 0 Å². The minimum absolute atomic E-state index is 0.133. The first kappa shape index (κ1) is 15.0. The lowest BCUT2D eigenvalue weighted by Crippen LogP contribution is -2.33. The third kappa shape index (κ3) is 4.31. The fourth-order valence-corrected chi connectivity index (χ4v) is 2.10. The molecule has 0 radical (unpaired) electrons. The van der Waals surface area contributed by atoms with E-state index in [2.05, 4.69) is 38.2 Å². The van der Waals surface area contributed by atoms with E-state index in [9.17, 15) is 0 Å². The number of hydrogen-bond donors (Lipinski definition) is 2. The highest BCUT2D eigenvalue weighted by Crippen LogP contribution is 2.30. The maximum atomic E-state index is 6.06. The van der Waals surface area contributed by atoms with E-state index in [1.54, 1.807) is 7.11 Å². The molecule has 0 bridgehead atoms. The quantitative estimate of drug-likeness (QED) is 0.816. The molecule has 3 N–H and O–H groups in total. The summed E-state index contributed by atoms with van der Waals surface area (Å²) < 4.78 is 5.44. The van der Waals surface area contributed by atoms with Gasteiger partial charge >= 0.3 is 0 Å². The molecule has 0 amide bonds. The summed E-state index contributed by atoms with van der Waals surface area (Å²) in [6.45, 7) is 6.23. The van der Waals surface area contributed by atoms with Crippen LogP contribution in [0.15, 0.2) is 18.2 Å². The maximum Gasteiger partial charge on any atom is 0.123 e. The standard InChI is InChI=1S/C15H26N2O/c1-11-6-7-14(18-5)12(10-11)13(17-4)8-9-15(2,3)16/h6-7,10,13,17H,8-9,16H2,1-5H3. The van der Waals surface area contributed by atoms with Gasteiger partial charge in [0.2, 0.25) is 0 Å². The highest BCUT2D eigenvalue weighted by atomic mass is 16.5. The molecular formula is C15H26N2O. The highest BCUT2D eigenvalue weighted by molar-refractivity contribution is 5.39. The van der Waals surface area contributed by atoms with Gasteiger partial charge in [0.15, 0.2) is 0 Å². The molecule has 0 aromatic heterocycles. The van der Waals surface area contributed by atoms with Crippen molar-refractivity contribution >= 4 is 0 Å². The number of nitrogens with two attached hydrogens (primary N) is 1. The second kappa shape index (κ2) is 6.21. The molecule has 1 atom stereocenters. The van der Waals surface area contributed by atoms with Crippen LogP contribution < -0.4 is 15.8 Å². The number of benzene rings is 1. The number of rotatable bonds is 6. The Hall–Kier alpha value is -1.06. The summed E-state index contributed by atoms with van der Waals surface area (Å²) in [7, 11) is 3.70. The summed E-state index contributed by atoms with van der Waals surface area (Å²) in [5.41, 5.74) is 8.39. The lowest BCUT2D eigenvalue weighted by Gasteiger charge is -2.24. The van der Waals surface area contributed by atoms with E-state index in [4.69, 9.17) is 10.5 Å².